The minimum absolute atomic E-state index is 0.0497. The van der Waals surface area contributed by atoms with E-state index in [4.69, 9.17) is 14.7 Å². The minimum atomic E-state index is -3.35. The Bertz CT molecular complexity index is 731. The molecule has 9 heteroatoms. The fraction of sp³-hybridized carbons (Fsp3) is 0.706. The molecule has 2 fully saturated rings. The summed E-state index contributed by atoms with van der Waals surface area (Å²) in [5, 5.41) is 8.83. The lowest BCUT2D eigenvalue weighted by Gasteiger charge is -2.34. The predicted molar refractivity (Wildman–Crippen MR) is 93.1 cm³/mol. The first-order valence-electron chi connectivity index (χ1n) is 8.93. The SMILES string of the molecule is CS(=O)(=O)c1cnc(O[C@H]2CC[C@H](OC3CCN(C#N)CC3)CC2)cn1. The Morgan fingerprint density at radius 2 is 1.65 bits per heavy atom. The van der Waals surface area contributed by atoms with E-state index in [0.717, 1.165) is 57.9 Å². The number of nitriles is 1. The highest BCUT2D eigenvalue weighted by Gasteiger charge is 2.27. The van der Waals surface area contributed by atoms with Crippen LogP contribution in [0.3, 0.4) is 0 Å². The third kappa shape index (κ3) is 5.05. The van der Waals surface area contributed by atoms with E-state index in [9.17, 15) is 8.42 Å². The molecular formula is C17H24N4O4S. The van der Waals surface area contributed by atoms with Crippen LogP contribution in [0.2, 0.25) is 0 Å². The van der Waals surface area contributed by atoms with Crippen LogP contribution in [0.15, 0.2) is 17.4 Å². The van der Waals surface area contributed by atoms with Crippen LogP contribution < -0.4 is 4.74 Å². The van der Waals surface area contributed by atoms with E-state index in [-0.39, 0.29) is 23.3 Å². The molecular weight excluding hydrogens is 356 g/mol. The number of piperidine rings is 1. The lowest BCUT2D eigenvalue weighted by molar-refractivity contribution is -0.0625. The molecule has 0 atom stereocenters. The fourth-order valence-electron chi connectivity index (χ4n) is 3.38. The monoisotopic (exact) mass is 380 g/mol. The van der Waals surface area contributed by atoms with Gasteiger partial charge in [0.05, 0.1) is 24.6 Å². The van der Waals surface area contributed by atoms with Crippen LogP contribution in [0, 0.1) is 11.5 Å². The normalized spacial score (nSPS) is 24.8. The number of sulfone groups is 1. The third-order valence-corrected chi connectivity index (χ3v) is 5.83. The van der Waals surface area contributed by atoms with E-state index >= 15 is 0 Å². The van der Waals surface area contributed by atoms with Gasteiger partial charge in [-0.1, -0.05) is 0 Å². The predicted octanol–water partition coefficient (Wildman–Crippen LogP) is 1.53. The molecule has 0 radical (unpaired) electrons. The van der Waals surface area contributed by atoms with Gasteiger partial charge in [-0.3, -0.25) is 0 Å². The second-order valence-electron chi connectivity index (χ2n) is 6.90. The Labute approximate surface area is 154 Å². The highest BCUT2D eigenvalue weighted by molar-refractivity contribution is 7.90. The molecule has 1 aromatic rings. The van der Waals surface area contributed by atoms with Gasteiger partial charge in [-0.2, -0.15) is 5.26 Å². The molecule has 26 heavy (non-hydrogen) atoms. The number of nitrogens with zero attached hydrogens (tertiary/aromatic N) is 4. The Kier molecular flexibility index (Phi) is 5.94. The van der Waals surface area contributed by atoms with Crippen molar-refractivity contribution in [2.75, 3.05) is 19.3 Å². The topological polar surface area (TPSA) is 105 Å². The van der Waals surface area contributed by atoms with Crippen molar-refractivity contribution in [3.05, 3.63) is 12.4 Å². The lowest BCUT2D eigenvalue weighted by atomic mass is 9.94. The smallest absolute Gasteiger partial charge is 0.232 e. The van der Waals surface area contributed by atoms with Crippen molar-refractivity contribution in [1.82, 2.24) is 14.9 Å². The summed E-state index contributed by atoms with van der Waals surface area (Å²) >= 11 is 0. The molecule has 1 aliphatic carbocycles. The van der Waals surface area contributed by atoms with Crippen molar-refractivity contribution in [1.29, 1.82) is 5.26 Å². The van der Waals surface area contributed by atoms with E-state index in [1.807, 2.05) is 0 Å². The zero-order chi connectivity index (χ0) is 18.6. The van der Waals surface area contributed by atoms with Gasteiger partial charge in [-0.05, 0) is 38.5 Å². The van der Waals surface area contributed by atoms with Crippen molar-refractivity contribution in [2.24, 2.45) is 0 Å². The number of hydrogen-bond donors (Lipinski definition) is 0. The third-order valence-electron chi connectivity index (χ3n) is 4.86. The second-order valence-corrected chi connectivity index (χ2v) is 8.87. The van der Waals surface area contributed by atoms with Gasteiger partial charge in [0.25, 0.3) is 0 Å². The van der Waals surface area contributed by atoms with Gasteiger partial charge in [0, 0.05) is 19.3 Å². The average Bonchev–Trinajstić information content (AvgIpc) is 2.64. The van der Waals surface area contributed by atoms with E-state index < -0.39 is 9.84 Å². The van der Waals surface area contributed by atoms with Crippen LogP contribution in [0.4, 0.5) is 0 Å². The molecule has 0 aromatic carbocycles. The van der Waals surface area contributed by atoms with Gasteiger partial charge in [0.15, 0.2) is 21.1 Å². The van der Waals surface area contributed by atoms with Gasteiger partial charge in [0.1, 0.15) is 6.10 Å². The molecule has 1 saturated carbocycles. The summed E-state index contributed by atoms with van der Waals surface area (Å²) in [6, 6.07) is 0. The molecule has 2 heterocycles. The van der Waals surface area contributed by atoms with Crippen molar-refractivity contribution >= 4 is 9.84 Å². The van der Waals surface area contributed by atoms with Gasteiger partial charge in [0.2, 0.25) is 5.88 Å². The largest absolute Gasteiger partial charge is 0.473 e. The molecule has 2 aliphatic rings. The first kappa shape index (κ1) is 18.9. The quantitative estimate of drug-likeness (QED) is 0.708. The summed E-state index contributed by atoms with van der Waals surface area (Å²) in [5.41, 5.74) is 0. The molecule has 0 amide bonds. The van der Waals surface area contributed by atoms with E-state index in [2.05, 4.69) is 16.2 Å². The van der Waals surface area contributed by atoms with Gasteiger partial charge in [-0.15, -0.1) is 0 Å². The number of ether oxygens (including phenoxy) is 2. The molecule has 1 aromatic heterocycles. The summed E-state index contributed by atoms with van der Waals surface area (Å²) in [4.78, 5) is 9.71. The van der Waals surface area contributed by atoms with Gasteiger partial charge >= 0.3 is 0 Å². The van der Waals surface area contributed by atoms with E-state index in [1.165, 1.54) is 12.4 Å². The van der Waals surface area contributed by atoms with Crippen molar-refractivity contribution < 1.29 is 17.9 Å². The summed E-state index contributed by atoms with van der Waals surface area (Å²) in [5.74, 6) is 0.352. The average molecular weight is 380 g/mol. The van der Waals surface area contributed by atoms with Crippen molar-refractivity contribution in [3.63, 3.8) is 0 Å². The summed E-state index contributed by atoms with van der Waals surface area (Å²) < 4.78 is 34.8. The maximum Gasteiger partial charge on any atom is 0.232 e. The van der Waals surface area contributed by atoms with E-state index in [0.29, 0.717) is 5.88 Å². The number of hydrogen-bond acceptors (Lipinski definition) is 8. The van der Waals surface area contributed by atoms with Gasteiger partial charge < -0.3 is 14.4 Å². The zero-order valence-corrected chi connectivity index (χ0v) is 15.7. The molecule has 142 valence electrons. The Balaban J connectivity index is 1.42. The number of likely N-dealkylation sites (tertiary alicyclic amines) is 1. The summed E-state index contributed by atoms with van der Waals surface area (Å²) in [7, 11) is -3.35. The first-order chi connectivity index (χ1) is 12.4. The van der Waals surface area contributed by atoms with Crippen LogP contribution in [-0.4, -0.2) is 60.9 Å². The highest BCUT2D eigenvalue weighted by atomic mass is 32.2. The first-order valence-corrected chi connectivity index (χ1v) is 10.8. The maximum absolute atomic E-state index is 11.4. The standard InChI is InChI=1S/C17H24N4O4S/c1-26(22,23)17-11-19-16(10-20-17)25-14-4-2-13(3-5-14)24-15-6-8-21(12-18)9-7-15/h10-11,13-15H,2-9H2,1H3/t13-,14-. The molecule has 1 aliphatic heterocycles. The summed E-state index contributed by atoms with van der Waals surface area (Å²) in [6.07, 6.45) is 11.8. The van der Waals surface area contributed by atoms with E-state index in [1.54, 1.807) is 4.90 Å². The Morgan fingerprint density at radius 1 is 1.04 bits per heavy atom. The maximum atomic E-state index is 11.4. The molecule has 0 spiro atoms. The van der Waals surface area contributed by atoms with Crippen LogP contribution in [0.1, 0.15) is 38.5 Å². The van der Waals surface area contributed by atoms with Gasteiger partial charge in [-0.25, -0.2) is 18.4 Å². The van der Waals surface area contributed by atoms with Crippen molar-refractivity contribution in [2.45, 2.75) is 61.9 Å². The van der Waals surface area contributed by atoms with Crippen LogP contribution in [0.5, 0.6) is 5.88 Å². The Hall–Kier alpha value is -1.92. The molecule has 0 unspecified atom stereocenters. The summed E-state index contributed by atoms with van der Waals surface area (Å²) in [6.45, 7) is 1.56. The second kappa shape index (κ2) is 8.18. The van der Waals surface area contributed by atoms with Crippen LogP contribution in [0.25, 0.3) is 0 Å². The fourth-order valence-corrected chi connectivity index (χ4v) is 3.87. The van der Waals surface area contributed by atoms with Crippen molar-refractivity contribution in [3.8, 4) is 12.1 Å². The Morgan fingerprint density at radius 3 is 2.19 bits per heavy atom. The number of rotatable bonds is 5. The highest BCUT2D eigenvalue weighted by Crippen LogP contribution is 2.27. The molecule has 0 N–H and O–H groups in total. The van der Waals surface area contributed by atoms with Crippen LogP contribution >= 0.6 is 0 Å². The molecule has 0 bridgehead atoms. The lowest BCUT2D eigenvalue weighted by Crippen LogP contribution is -2.37. The molecule has 1 saturated heterocycles. The molecule has 3 rings (SSSR count). The minimum Gasteiger partial charge on any atom is -0.473 e. The van der Waals surface area contributed by atoms with Crippen LogP contribution in [-0.2, 0) is 14.6 Å². The number of aromatic nitrogens is 2. The zero-order valence-electron chi connectivity index (χ0n) is 14.9. The molecule has 8 nitrogen and oxygen atoms in total.